The van der Waals surface area contributed by atoms with E-state index in [0.717, 1.165) is 5.39 Å². The van der Waals surface area contributed by atoms with Crippen LogP contribution in [0.5, 0.6) is 0 Å². The van der Waals surface area contributed by atoms with Gasteiger partial charge in [-0.05, 0) is 35.8 Å². The highest BCUT2D eigenvalue weighted by Crippen LogP contribution is 2.22. The Bertz CT molecular complexity index is 1440. The molecule has 3 unspecified atom stereocenters. The summed E-state index contributed by atoms with van der Waals surface area (Å²) < 4.78 is 0. The van der Waals surface area contributed by atoms with Crippen LogP contribution < -0.4 is 21.3 Å². The molecule has 4 N–H and O–H groups in total. The first-order valence-corrected chi connectivity index (χ1v) is 13.7. The first-order chi connectivity index (χ1) is 19.8. The molecule has 42 heavy (non-hydrogen) atoms. The maximum absolute atomic E-state index is 13.4. The maximum atomic E-state index is 13.4. The molecule has 0 bridgehead atoms. The Morgan fingerprint density at radius 2 is 1.60 bits per heavy atom. The van der Waals surface area contributed by atoms with E-state index < -0.39 is 58.9 Å². The molecule has 0 saturated carbocycles. The topological polar surface area (TPSA) is 146 Å². The fourth-order valence-electron chi connectivity index (χ4n) is 4.25. The lowest BCUT2D eigenvalue weighted by Gasteiger charge is -2.31. The zero-order valence-corrected chi connectivity index (χ0v) is 24.7. The first-order valence-electron chi connectivity index (χ1n) is 13.7. The highest BCUT2D eigenvalue weighted by atomic mass is 16.2. The van der Waals surface area contributed by atoms with Crippen LogP contribution in [0.25, 0.3) is 10.8 Å². The van der Waals surface area contributed by atoms with E-state index in [1.165, 1.54) is 13.1 Å². The molecule has 0 aliphatic heterocycles. The normalized spacial score (nSPS) is 13.3. The smallest absolute Gasteiger partial charge is 0.289 e. The monoisotopic (exact) mass is 571 g/mol. The Balaban J connectivity index is 1.66. The molecule has 0 aliphatic carbocycles. The van der Waals surface area contributed by atoms with Gasteiger partial charge in [0.15, 0.2) is 0 Å². The van der Waals surface area contributed by atoms with Gasteiger partial charge in [-0.2, -0.15) is 0 Å². The lowest BCUT2D eigenvalue weighted by Crippen LogP contribution is -2.59. The SMILES string of the molecule is CC(NC(=O)C(NC(=O)c1cncc2ccccc12)C(C)(C)C)C(=O)NC(C(=O)C(=O)NCc1c#cccc1)C(C)C. The Labute approximate surface area is 246 Å². The minimum Gasteiger partial charge on any atom is -0.345 e. The van der Waals surface area contributed by atoms with Gasteiger partial charge >= 0.3 is 0 Å². The molecule has 0 spiro atoms. The average molecular weight is 572 g/mol. The molecule has 0 fully saturated rings. The first kappa shape index (κ1) is 31.7. The van der Waals surface area contributed by atoms with E-state index in [0.29, 0.717) is 16.5 Å². The molecule has 1 heterocycles. The van der Waals surface area contributed by atoms with Crippen molar-refractivity contribution in [1.82, 2.24) is 26.3 Å². The zero-order valence-electron chi connectivity index (χ0n) is 24.7. The van der Waals surface area contributed by atoms with Crippen LogP contribution >= 0.6 is 0 Å². The molecule has 4 amide bonds. The van der Waals surface area contributed by atoms with Gasteiger partial charge in [0, 0.05) is 23.3 Å². The highest BCUT2D eigenvalue weighted by molar-refractivity contribution is 6.38. The molecule has 3 rings (SSSR count). The van der Waals surface area contributed by atoms with Crippen LogP contribution in [0.3, 0.4) is 0 Å². The number of pyridine rings is 1. The largest absolute Gasteiger partial charge is 0.345 e. The van der Waals surface area contributed by atoms with Crippen molar-refractivity contribution >= 4 is 40.2 Å². The summed E-state index contributed by atoms with van der Waals surface area (Å²) in [6.07, 6.45) is 3.10. The number of hydrogen-bond acceptors (Lipinski definition) is 6. The number of amides is 4. The highest BCUT2D eigenvalue weighted by Gasteiger charge is 2.36. The van der Waals surface area contributed by atoms with E-state index in [9.17, 15) is 24.0 Å². The summed E-state index contributed by atoms with van der Waals surface area (Å²) in [5.74, 6) is -3.75. The van der Waals surface area contributed by atoms with Gasteiger partial charge in [0.1, 0.15) is 12.1 Å². The average Bonchev–Trinajstić information content (AvgIpc) is 2.96. The van der Waals surface area contributed by atoms with Gasteiger partial charge in [-0.1, -0.05) is 77.1 Å². The van der Waals surface area contributed by atoms with Crippen molar-refractivity contribution in [3.05, 3.63) is 78.1 Å². The Morgan fingerprint density at radius 3 is 2.24 bits per heavy atom. The number of ketones is 1. The van der Waals surface area contributed by atoms with Crippen LogP contribution in [0.4, 0.5) is 0 Å². The molecule has 10 nitrogen and oxygen atoms in total. The van der Waals surface area contributed by atoms with Crippen LogP contribution in [-0.2, 0) is 25.7 Å². The Hall–Kier alpha value is -4.78. The van der Waals surface area contributed by atoms with Gasteiger partial charge in [-0.25, -0.2) is 0 Å². The number of Topliss-reactive ketones (excluding diaryl/α,β-unsaturated/α-hetero) is 1. The van der Waals surface area contributed by atoms with Crippen molar-refractivity contribution in [2.75, 3.05) is 0 Å². The Kier molecular flexibility index (Phi) is 10.4. The number of aromatic nitrogens is 1. The summed E-state index contributed by atoms with van der Waals surface area (Å²) >= 11 is 0. The van der Waals surface area contributed by atoms with Gasteiger partial charge in [0.25, 0.3) is 11.8 Å². The van der Waals surface area contributed by atoms with Crippen molar-refractivity contribution in [3.8, 4) is 0 Å². The van der Waals surface area contributed by atoms with Crippen LogP contribution in [0.15, 0.2) is 54.9 Å². The summed E-state index contributed by atoms with van der Waals surface area (Å²) in [5.41, 5.74) is 0.259. The second kappa shape index (κ2) is 13.7. The third kappa shape index (κ3) is 8.13. The third-order valence-corrected chi connectivity index (χ3v) is 6.69. The maximum Gasteiger partial charge on any atom is 0.289 e. The number of hydrogen-bond donors (Lipinski definition) is 4. The zero-order chi connectivity index (χ0) is 31.0. The molecule has 3 aromatic rings. The summed E-state index contributed by atoms with van der Waals surface area (Å²) in [6.45, 7) is 10.3. The minimum atomic E-state index is -1.11. The van der Waals surface area contributed by atoms with E-state index in [1.54, 1.807) is 65.1 Å². The third-order valence-electron chi connectivity index (χ3n) is 6.69. The van der Waals surface area contributed by atoms with E-state index in [4.69, 9.17) is 0 Å². The summed E-state index contributed by atoms with van der Waals surface area (Å²) in [4.78, 5) is 69.2. The molecule has 0 saturated heterocycles. The summed E-state index contributed by atoms with van der Waals surface area (Å²) in [7, 11) is 0. The standard InChI is InChI=1S/C32H37N5O5/c1-19(2)25(26(38)30(41)34-16-21-12-8-7-9-13-21)36-28(39)20(3)35-31(42)27(32(4,5)6)37-29(40)24-18-33-17-22-14-10-11-15-23(22)24/h7-8,10-12,14-15,17-20,25,27H,16H2,1-6H3,(H,34,41)(H,35,42)(H,36,39)(H,37,40). The van der Waals surface area contributed by atoms with E-state index in [-0.39, 0.29) is 6.54 Å². The molecule has 0 radical (unpaired) electrons. The van der Waals surface area contributed by atoms with E-state index in [1.807, 2.05) is 18.2 Å². The van der Waals surface area contributed by atoms with Gasteiger partial charge in [0.05, 0.1) is 18.2 Å². The Morgan fingerprint density at radius 1 is 0.881 bits per heavy atom. The number of carbonyl (C=O) groups is 5. The van der Waals surface area contributed by atoms with Gasteiger partial charge in [-0.3, -0.25) is 29.0 Å². The van der Waals surface area contributed by atoms with Crippen molar-refractivity contribution in [2.45, 2.75) is 66.2 Å². The number of rotatable bonds is 11. The molecule has 10 heteroatoms. The predicted molar refractivity (Wildman–Crippen MR) is 158 cm³/mol. The quantitative estimate of drug-likeness (QED) is 0.260. The van der Waals surface area contributed by atoms with Crippen LogP contribution in [0.1, 0.15) is 57.5 Å². The number of nitrogens with zero attached hydrogens (tertiary/aromatic N) is 1. The molecular weight excluding hydrogens is 534 g/mol. The van der Waals surface area contributed by atoms with Crippen molar-refractivity contribution < 1.29 is 24.0 Å². The number of fused-ring (bicyclic) bond motifs is 1. The van der Waals surface area contributed by atoms with E-state index >= 15 is 0 Å². The molecule has 2 aromatic carbocycles. The lowest BCUT2D eigenvalue weighted by atomic mass is 9.85. The van der Waals surface area contributed by atoms with Gasteiger partial charge < -0.3 is 21.3 Å². The van der Waals surface area contributed by atoms with Crippen molar-refractivity contribution in [3.63, 3.8) is 0 Å². The fourth-order valence-corrected chi connectivity index (χ4v) is 4.25. The summed E-state index contributed by atoms with van der Waals surface area (Å²) in [5, 5.41) is 12.0. The molecule has 0 aliphatic rings. The van der Waals surface area contributed by atoms with Crippen molar-refractivity contribution in [1.29, 1.82) is 0 Å². The number of benzene rings is 1. The molecule has 220 valence electrons. The van der Waals surface area contributed by atoms with Crippen LogP contribution in [0.2, 0.25) is 0 Å². The molecule has 1 aromatic heterocycles. The minimum absolute atomic E-state index is 0.0852. The second-order valence-corrected chi connectivity index (χ2v) is 11.5. The van der Waals surface area contributed by atoms with Gasteiger partial charge in [-0.15, -0.1) is 0 Å². The second-order valence-electron chi connectivity index (χ2n) is 11.5. The van der Waals surface area contributed by atoms with Crippen LogP contribution in [0, 0.1) is 23.5 Å². The van der Waals surface area contributed by atoms with Gasteiger partial charge in [0.2, 0.25) is 17.6 Å². The van der Waals surface area contributed by atoms with E-state index in [2.05, 4.69) is 38.4 Å². The molecule has 3 atom stereocenters. The van der Waals surface area contributed by atoms with Crippen molar-refractivity contribution in [2.24, 2.45) is 11.3 Å². The molecular formula is C32H37N5O5. The predicted octanol–water partition coefficient (Wildman–Crippen LogP) is 2.51. The number of nitrogens with one attached hydrogen (secondary N) is 4. The summed E-state index contributed by atoms with van der Waals surface area (Å²) in [6, 6.07) is 14.9. The fraction of sp³-hybridized carbons (Fsp3) is 0.375. The van der Waals surface area contributed by atoms with Crippen LogP contribution in [-0.4, -0.2) is 52.5 Å². The number of carbonyl (C=O) groups excluding carboxylic acids is 5. The lowest BCUT2D eigenvalue weighted by molar-refractivity contribution is -0.141.